The highest BCUT2D eigenvalue weighted by Gasteiger charge is 2.20. The van der Waals surface area contributed by atoms with Crippen molar-refractivity contribution in [2.75, 3.05) is 25.4 Å². The molecule has 1 saturated heterocycles. The highest BCUT2D eigenvalue weighted by Crippen LogP contribution is 2.23. The molecule has 0 radical (unpaired) electrons. The number of nitrogens with two attached hydrogens (primary N) is 1. The van der Waals surface area contributed by atoms with E-state index in [4.69, 9.17) is 27.5 Å². The Kier molecular flexibility index (Phi) is 11.8. The van der Waals surface area contributed by atoms with Crippen molar-refractivity contribution in [2.24, 2.45) is 0 Å². The Bertz CT molecular complexity index is 1220. The number of nitrogens with one attached hydrogen (secondary N) is 2. The maximum absolute atomic E-state index is 12.8. The van der Waals surface area contributed by atoms with Crippen LogP contribution in [0.3, 0.4) is 0 Å². The SMILES string of the molecule is CCC.CCCN1CCC(Oc2ccc(C(=N)c3cc(C(=O)NCc4ccccc4Cl)ccc3N)cc2)CC1. The minimum absolute atomic E-state index is 0.222. The standard InChI is InChI=1S/C29H33ClN4O2.C3H8/c1-2-15-34-16-13-24(14-17-34)36-23-10-7-20(8-11-23)28(32)25-18-21(9-12-27(25)31)29(35)33-19-22-5-3-4-6-26(22)30;1-3-2/h3-12,18,24,32H,2,13-17,19,31H2,1H3,(H,33,35);3H2,1-2H3. The van der Waals surface area contributed by atoms with Crippen molar-refractivity contribution in [3.8, 4) is 5.75 Å². The normalized spacial score (nSPS) is 13.7. The fourth-order valence-electron chi connectivity index (χ4n) is 4.45. The zero-order chi connectivity index (χ0) is 28.2. The first-order valence-electron chi connectivity index (χ1n) is 13.9. The van der Waals surface area contributed by atoms with Gasteiger partial charge in [0.25, 0.3) is 5.91 Å². The van der Waals surface area contributed by atoms with Gasteiger partial charge in [-0.05, 0) is 79.9 Å². The van der Waals surface area contributed by atoms with Gasteiger partial charge in [0.15, 0.2) is 0 Å². The molecule has 0 aromatic heterocycles. The Morgan fingerprint density at radius 3 is 2.31 bits per heavy atom. The van der Waals surface area contributed by atoms with Crippen LogP contribution in [0.4, 0.5) is 5.69 Å². The third-order valence-electron chi connectivity index (χ3n) is 6.50. The first-order chi connectivity index (χ1) is 18.9. The van der Waals surface area contributed by atoms with Crippen molar-refractivity contribution in [3.05, 3.63) is 94.0 Å². The predicted molar refractivity (Wildman–Crippen MR) is 162 cm³/mol. The Labute approximate surface area is 238 Å². The van der Waals surface area contributed by atoms with E-state index >= 15 is 0 Å². The third-order valence-corrected chi connectivity index (χ3v) is 6.87. The molecule has 6 nitrogen and oxygen atoms in total. The number of ether oxygens (including phenoxy) is 1. The molecule has 3 aromatic carbocycles. The van der Waals surface area contributed by atoms with Gasteiger partial charge in [-0.1, -0.05) is 57.0 Å². The van der Waals surface area contributed by atoms with E-state index in [0.29, 0.717) is 33.9 Å². The number of benzene rings is 3. The fourth-order valence-corrected chi connectivity index (χ4v) is 4.65. The van der Waals surface area contributed by atoms with Gasteiger partial charge in [-0.2, -0.15) is 0 Å². The average Bonchev–Trinajstić information content (AvgIpc) is 2.94. The molecule has 0 saturated carbocycles. The molecule has 0 aliphatic carbocycles. The summed E-state index contributed by atoms with van der Waals surface area (Å²) in [6.07, 6.45) is 4.71. The lowest BCUT2D eigenvalue weighted by Crippen LogP contribution is -2.38. The number of hydrogen-bond donors (Lipinski definition) is 3. The molecule has 208 valence electrons. The zero-order valence-electron chi connectivity index (χ0n) is 23.3. The van der Waals surface area contributed by atoms with Crippen LogP contribution >= 0.6 is 11.6 Å². The molecule has 1 aliphatic rings. The molecule has 4 rings (SSSR count). The van der Waals surface area contributed by atoms with Crippen LogP contribution in [0.5, 0.6) is 5.75 Å². The number of halogens is 1. The minimum atomic E-state index is -0.252. The van der Waals surface area contributed by atoms with Crippen molar-refractivity contribution in [1.82, 2.24) is 10.2 Å². The van der Waals surface area contributed by atoms with Crippen LogP contribution < -0.4 is 15.8 Å². The third kappa shape index (κ3) is 8.84. The highest BCUT2D eigenvalue weighted by molar-refractivity contribution is 6.31. The lowest BCUT2D eigenvalue weighted by atomic mass is 9.98. The molecule has 1 fully saturated rings. The molecule has 0 unspecified atom stereocenters. The van der Waals surface area contributed by atoms with Gasteiger partial charge in [0.1, 0.15) is 11.9 Å². The summed E-state index contributed by atoms with van der Waals surface area (Å²) in [6.45, 7) is 10.1. The lowest BCUT2D eigenvalue weighted by molar-refractivity contribution is 0.0951. The molecule has 1 heterocycles. The van der Waals surface area contributed by atoms with Crippen LogP contribution in [0.25, 0.3) is 0 Å². The molecule has 0 bridgehead atoms. The van der Waals surface area contributed by atoms with Crippen LogP contribution in [-0.2, 0) is 6.54 Å². The second-order valence-electron chi connectivity index (χ2n) is 9.84. The van der Waals surface area contributed by atoms with E-state index in [2.05, 4.69) is 31.0 Å². The molecular formula is C32H41ClN4O2. The Morgan fingerprint density at radius 1 is 1.03 bits per heavy atom. The summed E-state index contributed by atoms with van der Waals surface area (Å²) in [4.78, 5) is 15.2. The second-order valence-corrected chi connectivity index (χ2v) is 10.2. The van der Waals surface area contributed by atoms with E-state index in [1.165, 1.54) is 12.8 Å². The van der Waals surface area contributed by atoms with Crippen molar-refractivity contribution in [2.45, 2.75) is 59.1 Å². The summed E-state index contributed by atoms with van der Waals surface area (Å²) in [6, 6.07) is 19.9. The van der Waals surface area contributed by atoms with Crippen LogP contribution in [0.2, 0.25) is 5.02 Å². The second kappa shape index (κ2) is 15.3. The molecule has 0 spiro atoms. The number of nitrogens with zero attached hydrogens (tertiary/aromatic N) is 1. The van der Waals surface area contributed by atoms with E-state index < -0.39 is 0 Å². The van der Waals surface area contributed by atoms with Crippen molar-refractivity contribution < 1.29 is 9.53 Å². The molecular weight excluding hydrogens is 508 g/mol. The average molecular weight is 549 g/mol. The Hall–Kier alpha value is -3.35. The van der Waals surface area contributed by atoms with Gasteiger partial charge in [-0.3, -0.25) is 10.2 Å². The molecule has 1 amide bonds. The smallest absolute Gasteiger partial charge is 0.251 e. The molecule has 1 aliphatic heterocycles. The quantitative estimate of drug-likeness (QED) is 0.199. The van der Waals surface area contributed by atoms with Crippen LogP contribution in [0.15, 0.2) is 66.7 Å². The van der Waals surface area contributed by atoms with Gasteiger partial charge in [0.05, 0.1) is 5.71 Å². The monoisotopic (exact) mass is 548 g/mol. The Balaban J connectivity index is 0.00000134. The summed E-state index contributed by atoms with van der Waals surface area (Å²) in [7, 11) is 0. The minimum Gasteiger partial charge on any atom is -0.490 e. The van der Waals surface area contributed by atoms with Gasteiger partial charge in [0.2, 0.25) is 0 Å². The maximum Gasteiger partial charge on any atom is 0.251 e. The molecule has 0 atom stereocenters. The number of piperidine rings is 1. The number of carbonyl (C=O) groups is 1. The van der Waals surface area contributed by atoms with E-state index in [9.17, 15) is 4.79 Å². The van der Waals surface area contributed by atoms with Crippen molar-refractivity contribution >= 4 is 28.9 Å². The summed E-state index contributed by atoms with van der Waals surface area (Å²) in [5.74, 6) is 0.555. The zero-order valence-corrected chi connectivity index (χ0v) is 24.1. The fraction of sp³-hybridized carbons (Fsp3) is 0.375. The Morgan fingerprint density at radius 2 is 1.67 bits per heavy atom. The number of nitrogen functional groups attached to an aromatic ring is 1. The summed E-state index contributed by atoms with van der Waals surface area (Å²) in [5, 5.41) is 12.2. The number of rotatable bonds is 9. The first kappa shape index (κ1) is 30.2. The van der Waals surface area contributed by atoms with Gasteiger partial charge < -0.3 is 20.7 Å². The first-order valence-corrected chi connectivity index (χ1v) is 14.2. The molecule has 39 heavy (non-hydrogen) atoms. The maximum atomic E-state index is 12.8. The van der Waals surface area contributed by atoms with Gasteiger partial charge in [-0.25, -0.2) is 0 Å². The van der Waals surface area contributed by atoms with Crippen molar-refractivity contribution in [1.29, 1.82) is 5.41 Å². The number of anilines is 1. The van der Waals surface area contributed by atoms with Crippen LogP contribution in [0.1, 0.15) is 73.5 Å². The largest absolute Gasteiger partial charge is 0.490 e. The van der Waals surface area contributed by atoms with Gasteiger partial charge >= 0.3 is 0 Å². The number of amides is 1. The van der Waals surface area contributed by atoms with Crippen LogP contribution in [-0.4, -0.2) is 42.3 Å². The van der Waals surface area contributed by atoms with Gasteiger partial charge in [-0.15, -0.1) is 0 Å². The number of hydrogen-bond acceptors (Lipinski definition) is 5. The number of carbonyl (C=O) groups excluding carboxylic acids is 1. The van der Waals surface area contributed by atoms with Crippen molar-refractivity contribution in [3.63, 3.8) is 0 Å². The van der Waals surface area contributed by atoms with E-state index in [1.807, 2.05) is 42.5 Å². The summed E-state index contributed by atoms with van der Waals surface area (Å²) in [5.41, 5.74) is 9.38. The summed E-state index contributed by atoms with van der Waals surface area (Å²) < 4.78 is 6.18. The molecule has 3 aromatic rings. The van der Waals surface area contributed by atoms with Gasteiger partial charge in [0, 0.05) is 47.0 Å². The van der Waals surface area contributed by atoms with E-state index in [-0.39, 0.29) is 17.7 Å². The van der Waals surface area contributed by atoms with Crippen LogP contribution in [0, 0.1) is 5.41 Å². The number of likely N-dealkylation sites (tertiary alicyclic amines) is 1. The van der Waals surface area contributed by atoms with E-state index in [0.717, 1.165) is 43.8 Å². The van der Waals surface area contributed by atoms with E-state index in [1.54, 1.807) is 24.3 Å². The molecule has 7 heteroatoms. The predicted octanol–water partition coefficient (Wildman–Crippen LogP) is 6.94. The highest BCUT2D eigenvalue weighted by atomic mass is 35.5. The topological polar surface area (TPSA) is 91.4 Å². The molecule has 4 N–H and O–H groups in total. The summed E-state index contributed by atoms with van der Waals surface area (Å²) >= 11 is 6.19. The lowest BCUT2D eigenvalue weighted by Gasteiger charge is -2.31.